The monoisotopic (exact) mass is 823 g/mol. The van der Waals surface area contributed by atoms with Crippen LogP contribution in [0.3, 0.4) is 0 Å². The van der Waals surface area contributed by atoms with Crippen molar-refractivity contribution in [2.45, 2.75) is 79.0 Å². The van der Waals surface area contributed by atoms with Crippen LogP contribution in [0, 0.1) is 17.1 Å². The van der Waals surface area contributed by atoms with Gasteiger partial charge in [0.1, 0.15) is 34.2 Å². The van der Waals surface area contributed by atoms with Crippen molar-refractivity contribution in [2.75, 3.05) is 26.2 Å². The lowest BCUT2D eigenvalue weighted by Crippen LogP contribution is -2.68. The molecule has 3 aliphatic rings. The Morgan fingerprint density at radius 1 is 1.18 bits per heavy atom. The molecule has 1 aliphatic carbocycles. The third-order valence-electron chi connectivity index (χ3n) is 8.36. The highest BCUT2D eigenvalue weighted by Crippen LogP contribution is 2.42. The second-order valence-electron chi connectivity index (χ2n) is 13.5. The Morgan fingerprint density at radius 2 is 1.84 bits per heavy atom. The summed E-state index contributed by atoms with van der Waals surface area (Å²) in [7, 11) is -4.49. The molecule has 2 atom stereocenters. The molecule has 276 valence electrons. The van der Waals surface area contributed by atoms with Gasteiger partial charge in [-0.15, -0.1) is 5.06 Å². The van der Waals surface area contributed by atoms with Crippen molar-refractivity contribution in [3.63, 3.8) is 0 Å². The van der Waals surface area contributed by atoms with Crippen molar-refractivity contribution in [3.8, 4) is 11.8 Å². The van der Waals surface area contributed by atoms with E-state index >= 15 is 4.39 Å². The fourth-order valence-electron chi connectivity index (χ4n) is 5.77. The van der Waals surface area contributed by atoms with Crippen LogP contribution in [-0.4, -0.2) is 96.2 Å². The molecule has 2 amide bonds. The van der Waals surface area contributed by atoms with Crippen molar-refractivity contribution < 1.29 is 54.7 Å². The number of sulfone groups is 1. The molecule has 1 saturated carbocycles. The normalized spacial score (nSPS) is 21.2. The number of alkyl halides is 3. The van der Waals surface area contributed by atoms with Gasteiger partial charge in [0.25, 0.3) is 0 Å². The first-order valence-electron chi connectivity index (χ1n) is 15.3. The minimum Gasteiger partial charge on any atom is -0.484 e. The summed E-state index contributed by atoms with van der Waals surface area (Å²) in [6, 6.07) is 4.42. The molecule has 1 aromatic heterocycles. The topological polar surface area (TPSA) is 168 Å². The van der Waals surface area contributed by atoms with Gasteiger partial charge in [-0.2, -0.15) is 18.4 Å². The van der Waals surface area contributed by atoms with Crippen LogP contribution >= 0.6 is 27.5 Å². The Bertz CT molecular complexity index is 1900. The Kier molecular flexibility index (Phi) is 10.3. The highest BCUT2D eigenvalue weighted by molar-refractivity contribution is 9.10. The van der Waals surface area contributed by atoms with Gasteiger partial charge in [-0.05, 0) is 74.2 Å². The number of halogens is 6. The summed E-state index contributed by atoms with van der Waals surface area (Å²) in [5.74, 6) is -3.01. The summed E-state index contributed by atoms with van der Waals surface area (Å²) in [5.41, 5.74) is -4.37. The molecule has 0 unspecified atom stereocenters. The third kappa shape index (κ3) is 8.34. The fourth-order valence-corrected chi connectivity index (χ4v) is 8.31. The first-order chi connectivity index (χ1) is 23.6. The van der Waals surface area contributed by atoms with Crippen molar-refractivity contribution >= 4 is 55.3 Å². The number of likely N-dealkylation sites (tertiary alicyclic amines) is 1. The molecule has 0 radical (unpaired) electrons. The van der Waals surface area contributed by atoms with Crippen molar-refractivity contribution in [1.82, 2.24) is 20.3 Å². The third-order valence-corrected chi connectivity index (χ3v) is 11.4. The maximum atomic E-state index is 15.5. The number of ether oxygens (including phenoxy) is 2. The van der Waals surface area contributed by atoms with E-state index in [2.05, 4.69) is 31.0 Å². The lowest BCUT2D eigenvalue weighted by atomic mass is 9.75. The summed E-state index contributed by atoms with van der Waals surface area (Å²) in [4.78, 5) is 50.5. The van der Waals surface area contributed by atoms with E-state index in [1.54, 1.807) is 20.8 Å². The number of carbonyl (C=O) groups excluding carboxylic acids is 3. The lowest BCUT2D eigenvalue weighted by Gasteiger charge is -2.48. The molecule has 1 aromatic carbocycles. The molecule has 0 bridgehead atoms. The Labute approximate surface area is 303 Å². The highest BCUT2D eigenvalue weighted by atomic mass is 79.9. The zero-order valence-electron chi connectivity index (χ0n) is 27.2. The van der Waals surface area contributed by atoms with E-state index in [1.807, 2.05) is 6.07 Å². The Morgan fingerprint density at radius 3 is 2.39 bits per heavy atom. The largest absolute Gasteiger partial charge is 0.528 e. The first-order valence-corrected chi connectivity index (χ1v) is 18.0. The predicted octanol–water partition coefficient (Wildman–Crippen LogP) is 4.61. The molecule has 2 saturated heterocycles. The number of amides is 2. The van der Waals surface area contributed by atoms with E-state index in [-0.39, 0.29) is 15.9 Å². The molecule has 51 heavy (non-hydrogen) atoms. The van der Waals surface area contributed by atoms with Crippen LogP contribution in [0.5, 0.6) is 5.75 Å². The van der Waals surface area contributed by atoms with Crippen LogP contribution in [-0.2, 0) is 34.4 Å². The van der Waals surface area contributed by atoms with Gasteiger partial charge in [-0.1, -0.05) is 11.6 Å². The fraction of sp³-hybridized carbons (Fsp3) is 0.516. The maximum Gasteiger partial charge on any atom is 0.528 e. The number of hydrogen-bond donors (Lipinski definition) is 1. The van der Waals surface area contributed by atoms with Gasteiger partial charge < -0.3 is 24.5 Å². The van der Waals surface area contributed by atoms with Gasteiger partial charge in [0, 0.05) is 23.3 Å². The summed E-state index contributed by atoms with van der Waals surface area (Å²) < 4.78 is 91.5. The highest BCUT2D eigenvalue weighted by Gasteiger charge is 2.60. The van der Waals surface area contributed by atoms with Crippen LogP contribution in [0.25, 0.3) is 0 Å². The van der Waals surface area contributed by atoms with E-state index in [4.69, 9.17) is 21.2 Å². The number of nitrogens with zero attached hydrogens (tertiary/aromatic N) is 4. The molecular weight excluding hydrogens is 794 g/mol. The molecule has 5 rings (SSSR count). The molecule has 3 heterocycles. The standard InChI is InChI=1S/C31H31BrClF4N5O8S/c1-28(2,3)49-27(45)50-41-14-30(15-41,24-21(34)8-17(32)11-39-24)26(44)42-12-19(10-22(42)25(43)40-29(13-38)6-7-29)51(46,47)23-5-4-18(9-20(23)33)48-16-31(35,36)37/h4-5,8-9,11,19,22H,6-7,10,12,14-16H2,1-3H3,(H,40,43)/t19-,22+/m1/s1. The SMILES string of the molecule is CC(C)(C)OC(=O)ON1CC(C(=O)N2C[C@H](S(=O)(=O)c3ccc(OCC(F)(F)F)cc3Cl)C[C@H]2C(=O)NC2(C#N)CC2)(c2ncc(Br)cc2F)C1. The molecule has 0 spiro atoms. The van der Waals surface area contributed by atoms with Crippen molar-refractivity contribution in [3.05, 3.63) is 51.5 Å². The molecule has 13 nitrogen and oxygen atoms in total. The minimum absolute atomic E-state index is 0.245. The van der Waals surface area contributed by atoms with Gasteiger partial charge in [0.15, 0.2) is 16.4 Å². The van der Waals surface area contributed by atoms with Crippen LogP contribution < -0.4 is 10.1 Å². The number of pyridine rings is 1. The Hall–Kier alpha value is -3.73. The predicted molar refractivity (Wildman–Crippen MR) is 172 cm³/mol. The van der Waals surface area contributed by atoms with E-state index in [1.165, 1.54) is 6.20 Å². The number of hydroxylamine groups is 2. The average Bonchev–Trinajstić information content (AvgIpc) is 3.61. The van der Waals surface area contributed by atoms with Crippen molar-refractivity contribution in [1.29, 1.82) is 5.26 Å². The number of benzene rings is 1. The summed E-state index contributed by atoms with van der Waals surface area (Å²) in [5, 5.41) is 11.3. The number of nitrogens with one attached hydrogen (secondary N) is 1. The second-order valence-corrected chi connectivity index (χ2v) is 17.0. The van der Waals surface area contributed by atoms with Gasteiger partial charge in [-0.25, -0.2) is 17.6 Å². The van der Waals surface area contributed by atoms with Gasteiger partial charge in [0.2, 0.25) is 11.8 Å². The molecule has 2 aromatic rings. The summed E-state index contributed by atoms with van der Waals surface area (Å²) in [6.07, 6.45) is -4.36. The molecule has 1 N–H and O–H groups in total. The van der Waals surface area contributed by atoms with Gasteiger partial charge >= 0.3 is 12.3 Å². The summed E-state index contributed by atoms with van der Waals surface area (Å²) >= 11 is 9.34. The number of aromatic nitrogens is 1. The van der Waals surface area contributed by atoms with E-state index < -0.39 is 110 Å². The lowest BCUT2D eigenvalue weighted by molar-refractivity contribution is -0.212. The van der Waals surface area contributed by atoms with Crippen LogP contribution in [0.15, 0.2) is 39.8 Å². The quantitative estimate of drug-likeness (QED) is 0.277. The number of rotatable bonds is 9. The number of hydrogen-bond acceptors (Lipinski definition) is 11. The first kappa shape index (κ1) is 38.5. The van der Waals surface area contributed by atoms with E-state index in [0.717, 1.165) is 34.2 Å². The van der Waals surface area contributed by atoms with Gasteiger partial charge in [0.05, 0.1) is 40.0 Å². The zero-order valence-corrected chi connectivity index (χ0v) is 30.4. The van der Waals surface area contributed by atoms with Crippen LogP contribution in [0.4, 0.5) is 22.4 Å². The average molecular weight is 825 g/mol. The van der Waals surface area contributed by atoms with Crippen LogP contribution in [0.2, 0.25) is 5.02 Å². The second kappa shape index (κ2) is 13.7. The van der Waals surface area contributed by atoms with Crippen molar-refractivity contribution in [2.24, 2.45) is 0 Å². The van der Waals surface area contributed by atoms with E-state index in [9.17, 15) is 41.2 Å². The zero-order chi connectivity index (χ0) is 37.7. The minimum atomic E-state index is -4.66. The molecule has 3 fully saturated rings. The molecule has 2 aliphatic heterocycles. The maximum absolute atomic E-state index is 15.5. The number of carbonyl (C=O) groups is 3. The Balaban J connectivity index is 1.48. The van der Waals surface area contributed by atoms with E-state index in [0.29, 0.717) is 12.8 Å². The van der Waals surface area contributed by atoms with Crippen LogP contribution in [0.1, 0.15) is 45.7 Å². The van der Waals surface area contributed by atoms with Gasteiger partial charge in [-0.3, -0.25) is 14.6 Å². The number of nitriles is 1. The molecule has 20 heteroatoms. The molecular formula is C31H31BrClF4N5O8S. The summed E-state index contributed by atoms with van der Waals surface area (Å²) in [6.45, 7) is 1.65. The smallest absolute Gasteiger partial charge is 0.484 e.